The van der Waals surface area contributed by atoms with E-state index in [-0.39, 0.29) is 11.8 Å². The Morgan fingerprint density at radius 3 is 2.46 bits per heavy atom. The van der Waals surface area contributed by atoms with Crippen molar-refractivity contribution in [3.05, 3.63) is 63.6 Å². The van der Waals surface area contributed by atoms with Gasteiger partial charge in [-0.1, -0.05) is 36.2 Å². The fourth-order valence-corrected chi connectivity index (χ4v) is 3.31. The third-order valence-corrected chi connectivity index (χ3v) is 5.18. The van der Waals surface area contributed by atoms with Gasteiger partial charge in [-0.15, -0.1) is 0 Å². The zero-order chi connectivity index (χ0) is 18.7. The Bertz CT molecular complexity index is 830. The molecule has 2 amide bonds. The number of amides is 2. The molecule has 2 aromatic carbocycles. The molecule has 0 aliphatic carbocycles. The molecule has 26 heavy (non-hydrogen) atoms. The minimum Gasteiger partial charge on any atom is -0.339 e. The molecule has 4 nitrogen and oxygen atoms in total. The first-order chi connectivity index (χ1) is 12.4. The Labute approximate surface area is 163 Å². The van der Waals surface area contributed by atoms with E-state index in [1.165, 1.54) is 0 Å². The number of hydrogen-bond donors (Lipinski definition) is 1. The van der Waals surface area contributed by atoms with Crippen LogP contribution in [0, 0.1) is 5.92 Å². The van der Waals surface area contributed by atoms with Crippen LogP contribution in [0.2, 0.25) is 10.0 Å². The normalized spacial score (nSPS) is 15.0. The first kappa shape index (κ1) is 18.7. The molecule has 2 aromatic rings. The lowest BCUT2D eigenvalue weighted by Gasteiger charge is -2.30. The number of rotatable bonds is 3. The van der Waals surface area contributed by atoms with Gasteiger partial charge in [-0.25, -0.2) is 0 Å². The van der Waals surface area contributed by atoms with Crippen LogP contribution in [0.3, 0.4) is 0 Å². The zero-order valence-electron chi connectivity index (χ0n) is 14.5. The van der Waals surface area contributed by atoms with Gasteiger partial charge in [0, 0.05) is 29.2 Å². The van der Waals surface area contributed by atoms with E-state index in [1.54, 1.807) is 42.5 Å². The SMILES string of the molecule is CC1CCN(C(=O)c2cccc(C(=O)Nc3cc(Cl)ccc3Cl)c2)CC1. The molecule has 1 heterocycles. The summed E-state index contributed by atoms with van der Waals surface area (Å²) in [7, 11) is 0. The molecular formula is C20H20Cl2N2O2. The number of benzene rings is 2. The first-order valence-electron chi connectivity index (χ1n) is 8.60. The van der Waals surface area contributed by atoms with Crippen molar-refractivity contribution >= 4 is 40.7 Å². The van der Waals surface area contributed by atoms with Crippen molar-refractivity contribution in [2.24, 2.45) is 5.92 Å². The zero-order valence-corrected chi connectivity index (χ0v) is 16.0. The van der Waals surface area contributed by atoms with E-state index >= 15 is 0 Å². The summed E-state index contributed by atoms with van der Waals surface area (Å²) in [6.07, 6.45) is 2.03. The Morgan fingerprint density at radius 1 is 1.04 bits per heavy atom. The molecule has 0 radical (unpaired) electrons. The Kier molecular flexibility index (Phi) is 5.84. The molecule has 136 valence electrons. The fraction of sp³-hybridized carbons (Fsp3) is 0.300. The number of carbonyl (C=O) groups is 2. The smallest absolute Gasteiger partial charge is 0.255 e. The van der Waals surface area contributed by atoms with Crippen LogP contribution in [-0.2, 0) is 0 Å². The number of anilines is 1. The molecule has 3 rings (SSSR count). The highest BCUT2D eigenvalue weighted by Crippen LogP contribution is 2.26. The maximum absolute atomic E-state index is 12.7. The molecule has 0 saturated carbocycles. The number of hydrogen-bond acceptors (Lipinski definition) is 2. The van der Waals surface area contributed by atoms with Gasteiger partial charge in [0.15, 0.2) is 0 Å². The monoisotopic (exact) mass is 390 g/mol. The molecule has 1 aliphatic rings. The molecule has 0 atom stereocenters. The van der Waals surface area contributed by atoms with Gasteiger partial charge in [-0.05, 0) is 55.2 Å². The third kappa shape index (κ3) is 4.37. The average molecular weight is 391 g/mol. The van der Waals surface area contributed by atoms with Crippen LogP contribution in [0.15, 0.2) is 42.5 Å². The highest BCUT2D eigenvalue weighted by molar-refractivity contribution is 6.35. The van der Waals surface area contributed by atoms with E-state index in [1.807, 2.05) is 4.90 Å². The molecule has 0 bridgehead atoms. The molecular weight excluding hydrogens is 371 g/mol. The predicted molar refractivity (Wildman–Crippen MR) is 105 cm³/mol. The summed E-state index contributed by atoms with van der Waals surface area (Å²) in [6, 6.07) is 11.6. The summed E-state index contributed by atoms with van der Waals surface area (Å²) < 4.78 is 0. The summed E-state index contributed by atoms with van der Waals surface area (Å²) in [6.45, 7) is 3.72. The van der Waals surface area contributed by atoms with Gasteiger partial charge in [0.2, 0.25) is 0 Å². The van der Waals surface area contributed by atoms with Gasteiger partial charge in [-0.2, -0.15) is 0 Å². The molecule has 1 N–H and O–H groups in total. The lowest BCUT2D eigenvalue weighted by Crippen LogP contribution is -2.38. The van der Waals surface area contributed by atoms with Gasteiger partial charge >= 0.3 is 0 Å². The van der Waals surface area contributed by atoms with Crippen LogP contribution in [0.25, 0.3) is 0 Å². The highest BCUT2D eigenvalue weighted by Gasteiger charge is 2.22. The Hall–Kier alpha value is -2.04. The van der Waals surface area contributed by atoms with Crippen molar-refractivity contribution in [1.29, 1.82) is 0 Å². The molecule has 0 unspecified atom stereocenters. The topological polar surface area (TPSA) is 49.4 Å². The molecule has 0 aromatic heterocycles. The van der Waals surface area contributed by atoms with Crippen LogP contribution in [0.1, 0.15) is 40.5 Å². The number of piperidine rings is 1. The second-order valence-corrected chi connectivity index (χ2v) is 7.48. The lowest BCUT2D eigenvalue weighted by atomic mass is 9.98. The van der Waals surface area contributed by atoms with Crippen LogP contribution < -0.4 is 5.32 Å². The number of halogens is 2. The Morgan fingerprint density at radius 2 is 1.73 bits per heavy atom. The Balaban J connectivity index is 1.75. The molecule has 1 saturated heterocycles. The summed E-state index contributed by atoms with van der Waals surface area (Å²) >= 11 is 12.0. The van der Waals surface area contributed by atoms with E-state index in [0.29, 0.717) is 32.8 Å². The number of likely N-dealkylation sites (tertiary alicyclic amines) is 1. The maximum atomic E-state index is 12.7. The average Bonchev–Trinajstić information content (AvgIpc) is 2.65. The van der Waals surface area contributed by atoms with Crippen molar-refractivity contribution < 1.29 is 9.59 Å². The van der Waals surface area contributed by atoms with Crippen molar-refractivity contribution in [2.75, 3.05) is 18.4 Å². The quantitative estimate of drug-likeness (QED) is 0.790. The van der Waals surface area contributed by atoms with Crippen molar-refractivity contribution in [2.45, 2.75) is 19.8 Å². The summed E-state index contributed by atoms with van der Waals surface area (Å²) in [5.41, 5.74) is 1.35. The van der Waals surface area contributed by atoms with Gasteiger partial charge in [0.25, 0.3) is 11.8 Å². The van der Waals surface area contributed by atoms with Crippen LogP contribution in [0.4, 0.5) is 5.69 Å². The van der Waals surface area contributed by atoms with E-state index in [2.05, 4.69) is 12.2 Å². The maximum Gasteiger partial charge on any atom is 0.255 e. The van der Waals surface area contributed by atoms with Crippen molar-refractivity contribution in [1.82, 2.24) is 4.90 Å². The van der Waals surface area contributed by atoms with E-state index in [4.69, 9.17) is 23.2 Å². The summed E-state index contributed by atoms with van der Waals surface area (Å²) in [5, 5.41) is 3.62. The summed E-state index contributed by atoms with van der Waals surface area (Å²) in [4.78, 5) is 27.1. The van der Waals surface area contributed by atoms with E-state index < -0.39 is 0 Å². The lowest BCUT2D eigenvalue weighted by molar-refractivity contribution is 0.0697. The van der Waals surface area contributed by atoms with E-state index in [0.717, 1.165) is 25.9 Å². The van der Waals surface area contributed by atoms with Crippen molar-refractivity contribution in [3.63, 3.8) is 0 Å². The summed E-state index contributed by atoms with van der Waals surface area (Å²) in [5.74, 6) is 0.280. The van der Waals surface area contributed by atoms with Crippen molar-refractivity contribution in [3.8, 4) is 0 Å². The van der Waals surface area contributed by atoms with Gasteiger partial charge in [-0.3, -0.25) is 9.59 Å². The number of carbonyl (C=O) groups excluding carboxylic acids is 2. The van der Waals surface area contributed by atoms with Crippen LogP contribution in [-0.4, -0.2) is 29.8 Å². The molecule has 1 fully saturated rings. The third-order valence-electron chi connectivity index (χ3n) is 4.62. The minimum atomic E-state index is -0.337. The largest absolute Gasteiger partial charge is 0.339 e. The standard InChI is InChI=1S/C20H20Cl2N2O2/c1-13-7-9-24(10-8-13)20(26)15-4-2-3-14(11-15)19(25)23-18-12-16(21)5-6-17(18)22/h2-6,11-13H,7-10H2,1H3,(H,23,25). The first-order valence-corrected chi connectivity index (χ1v) is 9.35. The highest BCUT2D eigenvalue weighted by atomic mass is 35.5. The van der Waals surface area contributed by atoms with Gasteiger partial charge in [0.1, 0.15) is 0 Å². The van der Waals surface area contributed by atoms with E-state index in [9.17, 15) is 9.59 Å². The van der Waals surface area contributed by atoms with Crippen LogP contribution in [0.5, 0.6) is 0 Å². The second kappa shape index (κ2) is 8.11. The molecule has 0 spiro atoms. The predicted octanol–water partition coefficient (Wildman–Crippen LogP) is 5.12. The fourth-order valence-electron chi connectivity index (χ4n) is 2.98. The number of nitrogens with one attached hydrogen (secondary N) is 1. The van der Waals surface area contributed by atoms with Crippen LogP contribution >= 0.6 is 23.2 Å². The van der Waals surface area contributed by atoms with Gasteiger partial charge in [0.05, 0.1) is 10.7 Å². The second-order valence-electron chi connectivity index (χ2n) is 6.63. The van der Waals surface area contributed by atoms with Gasteiger partial charge < -0.3 is 10.2 Å². The number of nitrogens with zero attached hydrogens (tertiary/aromatic N) is 1. The minimum absolute atomic E-state index is 0.0349. The molecule has 1 aliphatic heterocycles. The molecule has 6 heteroatoms.